The summed E-state index contributed by atoms with van der Waals surface area (Å²) in [6.45, 7) is 1.77. The minimum absolute atomic E-state index is 0.0796. The lowest BCUT2D eigenvalue weighted by Gasteiger charge is -2.25. The van der Waals surface area contributed by atoms with Crippen molar-refractivity contribution in [3.8, 4) is 0 Å². The van der Waals surface area contributed by atoms with Gasteiger partial charge in [0.25, 0.3) is 11.8 Å². The summed E-state index contributed by atoms with van der Waals surface area (Å²) < 4.78 is 40.8. The van der Waals surface area contributed by atoms with Crippen LogP contribution in [-0.4, -0.2) is 52.8 Å². The Balaban J connectivity index is 1.30. The maximum absolute atomic E-state index is 14.1. The van der Waals surface area contributed by atoms with Gasteiger partial charge in [-0.3, -0.25) is 14.6 Å². The number of amides is 2. The Morgan fingerprint density at radius 3 is 2.28 bits per heavy atom. The molecule has 32 heavy (non-hydrogen) atoms. The molecule has 2 aliphatic heterocycles. The molecule has 0 N–H and O–H groups in total. The Morgan fingerprint density at radius 2 is 1.53 bits per heavy atom. The number of carbonyl (C=O) groups is 2. The van der Waals surface area contributed by atoms with Gasteiger partial charge in [0.15, 0.2) is 11.6 Å². The molecule has 5 rings (SSSR count). The third-order valence-corrected chi connectivity index (χ3v) is 6.54. The molecule has 1 unspecified atom stereocenters. The fourth-order valence-corrected chi connectivity index (χ4v) is 4.80. The van der Waals surface area contributed by atoms with Crippen molar-refractivity contribution in [1.82, 2.24) is 14.8 Å². The van der Waals surface area contributed by atoms with Crippen molar-refractivity contribution >= 4 is 22.7 Å². The molecule has 8 heteroatoms. The van der Waals surface area contributed by atoms with Gasteiger partial charge in [0.1, 0.15) is 5.82 Å². The quantitative estimate of drug-likeness (QED) is 0.567. The van der Waals surface area contributed by atoms with E-state index in [0.29, 0.717) is 50.3 Å². The van der Waals surface area contributed by atoms with Gasteiger partial charge in [-0.2, -0.15) is 0 Å². The highest BCUT2D eigenvalue weighted by molar-refractivity contribution is 5.98. The predicted molar refractivity (Wildman–Crippen MR) is 112 cm³/mol. The minimum atomic E-state index is -1.33. The molecule has 164 valence electrons. The van der Waals surface area contributed by atoms with Crippen LogP contribution in [0.5, 0.6) is 0 Å². The molecule has 5 nitrogen and oxygen atoms in total. The van der Waals surface area contributed by atoms with Crippen LogP contribution in [0.4, 0.5) is 13.2 Å². The van der Waals surface area contributed by atoms with Crippen LogP contribution in [0.2, 0.25) is 0 Å². The Kier molecular flexibility index (Phi) is 4.87. The fraction of sp³-hybridized carbons (Fsp3) is 0.292. The van der Waals surface area contributed by atoms with E-state index in [-0.39, 0.29) is 11.3 Å². The molecule has 0 bridgehead atoms. The molecule has 2 aliphatic rings. The fourth-order valence-electron chi connectivity index (χ4n) is 4.80. The van der Waals surface area contributed by atoms with E-state index in [1.54, 1.807) is 17.2 Å². The zero-order chi connectivity index (χ0) is 22.5. The van der Waals surface area contributed by atoms with Crippen molar-refractivity contribution in [2.75, 3.05) is 26.2 Å². The van der Waals surface area contributed by atoms with Gasteiger partial charge in [-0.05, 0) is 43.2 Å². The predicted octanol–water partition coefficient (Wildman–Crippen LogP) is 4.03. The maximum Gasteiger partial charge on any atom is 0.256 e. The molecule has 1 aromatic heterocycles. The van der Waals surface area contributed by atoms with Gasteiger partial charge in [-0.25, -0.2) is 13.2 Å². The van der Waals surface area contributed by atoms with E-state index in [1.807, 2.05) is 24.3 Å². The molecule has 1 spiro atoms. The molecular weight excluding hydrogens is 419 g/mol. The summed E-state index contributed by atoms with van der Waals surface area (Å²) in [5.41, 5.74) is 0.643. The lowest BCUT2D eigenvalue weighted by Crippen LogP contribution is -2.36. The van der Waals surface area contributed by atoms with E-state index in [9.17, 15) is 22.8 Å². The zero-order valence-corrected chi connectivity index (χ0v) is 17.2. The summed E-state index contributed by atoms with van der Waals surface area (Å²) in [5, 5.41) is 0.887. The number of carbonyl (C=O) groups excluding carboxylic acids is 2. The van der Waals surface area contributed by atoms with E-state index < -0.39 is 28.9 Å². The van der Waals surface area contributed by atoms with Crippen LogP contribution < -0.4 is 0 Å². The van der Waals surface area contributed by atoms with Crippen LogP contribution in [0.15, 0.2) is 48.7 Å². The third-order valence-electron chi connectivity index (χ3n) is 6.54. The molecule has 0 radical (unpaired) electrons. The minimum Gasteiger partial charge on any atom is -0.338 e. The van der Waals surface area contributed by atoms with Crippen LogP contribution in [0.25, 0.3) is 10.9 Å². The highest BCUT2D eigenvalue weighted by atomic mass is 19.2. The van der Waals surface area contributed by atoms with Crippen molar-refractivity contribution in [3.63, 3.8) is 0 Å². The van der Waals surface area contributed by atoms with Gasteiger partial charge in [0.05, 0.1) is 11.1 Å². The first-order chi connectivity index (χ1) is 15.3. The van der Waals surface area contributed by atoms with Crippen molar-refractivity contribution in [1.29, 1.82) is 0 Å². The summed E-state index contributed by atoms with van der Waals surface area (Å²) in [6, 6.07) is 10.1. The number of hydrogen-bond donors (Lipinski definition) is 0. The molecule has 0 saturated carbocycles. The van der Waals surface area contributed by atoms with Gasteiger partial charge < -0.3 is 9.80 Å². The van der Waals surface area contributed by atoms with Gasteiger partial charge in [0.2, 0.25) is 0 Å². The smallest absolute Gasteiger partial charge is 0.256 e. The van der Waals surface area contributed by atoms with Gasteiger partial charge >= 0.3 is 0 Å². The van der Waals surface area contributed by atoms with E-state index in [0.717, 1.165) is 17.3 Å². The lowest BCUT2D eigenvalue weighted by atomic mass is 9.86. The van der Waals surface area contributed by atoms with Gasteiger partial charge in [-0.15, -0.1) is 0 Å². The van der Waals surface area contributed by atoms with E-state index in [4.69, 9.17) is 0 Å². The standard InChI is InChI=1S/C24H20F3N3O2/c25-18-12-20(27)19(26)11-17(18)23(32)30-9-6-24(14-30)5-8-29(13-24)22(31)16-3-4-21-15(10-16)2-1-7-28-21/h1-4,7,10-12H,5-6,8-9,13-14H2. The summed E-state index contributed by atoms with van der Waals surface area (Å²) in [5.74, 6) is -4.41. The average molecular weight is 439 g/mol. The summed E-state index contributed by atoms with van der Waals surface area (Å²) in [6.07, 6.45) is 3.08. The van der Waals surface area contributed by atoms with Crippen molar-refractivity contribution in [2.45, 2.75) is 12.8 Å². The number of pyridine rings is 1. The van der Waals surface area contributed by atoms with E-state index in [2.05, 4.69) is 4.98 Å². The highest BCUT2D eigenvalue weighted by Crippen LogP contribution is 2.40. The molecule has 0 aliphatic carbocycles. The molecule has 2 amide bonds. The second kappa shape index (κ2) is 7.62. The Labute approximate surface area is 182 Å². The molecule has 2 fully saturated rings. The van der Waals surface area contributed by atoms with Crippen LogP contribution >= 0.6 is 0 Å². The highest BCUT2D eigenvalue weighted by Gasteiger charge is 2.46. The zero-order valence-electron chi connectivity index (χ0n) is 17.2. The Morgan fingerprint density at radius 1 is 0.844 bits per heavy atom. The SMILES string of the molecule is O=C(c1ccc2ncccc2c1)N1CCC2(CCN(C(=O)c3cc(F)c(F)cc3F)C2)C1. The first-order valence-electron chi connectivity index (χ1n) is 10.4. The number of benzene rings is 2. The summed E-state index contributed by atoms with van der Waals surface area (Å²) >= 11 is 0. The maximum atomic E-state index is 14.1. The van der Waals surface area contributed by atoms with E-state index in [1.165, 1.54) is 4.90 Å². The van der Waals surface area contributed by atoms with Gasteiger partial charge in [-0.1, -0.05) is 6.07 Å². The molecule has 2 aromatic carbocycles. The van der Waals surface area contributed by atoms with E-state index >= 15 is 0 Å². The van der Waals surface area contributed by atoms with Crippen molar-refractivity contribution in [3.05, 3.63) is 77.2 Å². The Hall–Kier alpha value is -3.42. The Bertz CT molecular complexity index is 1250. The van der Waals surface area contributed by atoms with Crippen LogP contribution in [0.1, 0.15) is 33.6 Å². The molecule has 3 aromatic rings. The monoisotopic (exact) mass is 439 g/mol. The lowest BCUT2D eigenvalue weighted by molar-refractivity contribution is 0.0752. The topological polar surface area (TPSA) is 53.5 Å². The first-order valence-corrected chi connectivity index (χ1v) is 10.4. The molecule has 2 saturated heterocycles. The van der Waals surface area contributed by atoms with Crippen molar-refractivity contribution in [2.24, 2.45) is 5.41 Å². The van der Waals surface area contributed by atoms with Crippen LogP contribution in [-0.2, 0) is 0 Å². The number of likely N-dealkylation sites (tertiary alicyclic amines) is 2. The molecular formula is C24H20F3N3O2. The molecule has 1 atom stereocenters. The first kappa shape index (κ1) is 20.5. The number of rotatable bonds is 2. The summed E-state index contributed by atoms with van der Waals surface area (Å²) in [7, 11) is 0. The number of aromatic nitrogens is 1. The number of halogens is 3. The largest absolute Gasteiger partial charge is 0.338 e. The average Bonchev–Trinajstić information content (AvgIpc) is 3.42. The number of fused-ring (bicyclic) bond motifs is 1. The normalized spacial score (nSPS) is 20.5. The number of nitrogens with zero attached hydrogens (tertiary/aromatic N) is 3. The van der Waals surface area contributed by atoms with Crippen LogP contribution in [0, 0.1) is 22.9 Å². The second-order valence-electron chi connectivity index (χ2n) is 8.61. The third kappa shape index (κ3) is 3.49. The number of hydrogen-bond acceptors (Lipinski definition) is 3. The van der Waals surface area contributed by atoms with Crippen LogP contribution in [0.3, 0.4) is 0 Å². The second-order valence-corrected chi connectivity index (χ2v) is 8.61. The molecule has 3 heterocycles. The van der Waals surface area contributed by atoms with Gasteiger partial charge in [0, 0.05) is 54.8 Å². The summed E-state index contributed by atoms with van der Waals surface area (Å²) in [4.78, 5) is 33.3. The van der Waals surface area contributed by atoms with Crippen molar-refractivity contribution < 1.29 is 22.8 Å².